The van der Waals surface area contributed by atoms with E-state index in [0.29, 0.717) is 17.8 Å². The molecule has 1 aliphatic carbocycles. The Labute approximate surface area is 136 Å². The summed E-state index contributed by atoms with van der Waals surface area (Å²) in [5.41, 5.74) is 1.20. The maximum absolute atomic E-state index is 6.32. The highest BCUT2D eigenvalue weighted by atomic mass is 16.5. The molecule has 5 nitrogen and oxygen atoms in total. The van der Waals surface area contributed by atoms with E-state index in [2.05, 4.69) is 53.2 Å². The predicted molar refractivity (Wildman–Crippen MR) is 87.4 cm³/mol. The van der Waals surface area contributed by atoms with Gasteiger partial charge in [-0.15, -0.1) is 0 Å². The van der Waals surface area contributed by atoms with E-state index in [9.17, 15) is 0 Å². The summed E-state index contributed by atoms with van der Waals surface area (Å²) in [6.45, 7) is 5.96. The van der Waals surface area contributed by atoms with Gasteiger partial charge in [0.05, 0.1) is 12.6 Å². The van der Waals surface area contributed by atoms with Crippen molar-refractivity contribution in [1.29, 1.82) is 0 Å². The van der Waals surface area contributed by atoms with Gasteiger partial charge in [-0.1, -0.05) is 44.2 Å². The SMILES string of the molecule is CC(C)[C@H]1CN(c2noc(C3CC3)n2)C[C@@H](c2ccccc2)O1. The largest absolute Gasteiger partial charge is 0.366 e. The molecule has 2 atom stereocenters. The number of hydrogen-bond acceptors (Lipinski definition) is 5. The average Bonchev–Trinajstić information content (AvgIpc) is 3.32. The van der Waals surface area contributed by atoms with Crippen LogP contribution in [0.15, 0.2) is 34.9 Å². The minimum Gasteiger partial charge on any atom is -0.366 e. The first-order valence-electron chi connectivity index (χ1n) is 8.49. The number of hydrogen-bond donors (Lipinski definition) is 0. The van der Waals surface area contributed by atoms with Crippen molar-refractivity contribution in [2.24, 2.45) is 5.92 Å². The maximum atomic E-state index is 6.32. The fourth-order valence-electron chi connectivity index (χ4n) is 3.02. The van der Waals surface area contributed by atoms with Gasteiger partial charge in [-0.2, -0.15) is 4.98 Å². The molecule has 5 heteroatoms. The first-order chi connectivity index (χ1) is 11.2. The zero-order valence-electron chi connectivity index (χ0n) is 13.7. The standard InChI is InChI=1S/C18H23N3O2/c1-12(2)15-10-21(18-19-17(23-20-18)14-8-9-14)11-16(22-15)13-6-4-3-5-7-13/h3-7,12,14-16H,8-11H2,1-2H3/t15-,16+/m1/s1. The Morgan fingerprint density at radius 2 is 1.91 bits per heavy atom. The second-order valence-electron chi connectivity index (χ2n) is 6.93. The van der Waals surface area contributed by atoms with E-state index in [0.717, 1.165) is 19.0 Å². The lowest BCUT2D eigenvalue weighted by atomic mass is 10.0. The van der Waals surface area contributed by atoms with E-state index in [-0.39, 0.29) is 12.2 Å². The minimum absolute atomic E-state index is 0.0419. The van der Waals surface area contributed by atoms with E-state index in [4.69, 9.17) is 9.26 Å². The molecule has 4 rings (SSSR count). The number of nitrogens with zero attached hydrogens (tertiary/aromatic N) is 3. The van der Waals surface area contributed by atoms with Gasteiger partial charge >= 0.3 is 0 Å². The number of ether oxygens (including phenoxy) is 1. The van der Waals surface area contributed by atoms with E-state index in [1.165, 1.54) is 18.4 Å². The summed E-state index contributed by atoms with van der Waals surface area (Å²) in [7, 11) is 0. The van der Waals surface area contributed by atoms with Crippen molar-refractivity contribution in [1.82, 2.24) is 10.1 Å². The molecule has 0 N–H and O–H groups in total. The predicted octanol–water partition coefficient (Wildman–Crippen LogP) is 3.55. The zero-order chi connectivity index (χ0) is 15.8. The first-order valence-corrected chi connectivity index (χ1v) is 8.49. The van der Waals surface area contributed by atoms with Crippen molar-refractivity contribution in [3.63, 3.8) is 0 Å². The zero-order valence-corrected chi connectivity index (χ0v) is 13.7. The number of morpholine rings is 1. The van der Waals surface area contributed by atoms with E-state index < -0.39 is 0 Å². The van der Waals surface area contributed by atoms with Gasteiger partial charge in [0.15, 0.2) is 0 Å². The van der Waals surface area contributed by atoms with Crippen molar-refractivity contribution in [2.75, 3.05) is 18.0 Å². The molecule has 0 bridgehead atoms. The van der Waals surface area contributed by atoms with Gasteiger partial charge in [0.1, 0.15) is 6.10 Å². The number of rotatable bonds is 4. The quantitative estimate of drug-likeness (QED) is 0.864. The average molecular weight is 313 g/mol. The topological polar surface area (TPSA) is 51.4 Å². The smallest absolute Gasteiger partial charge is 0.266 e. The summed E-state index contributed by atoms with van der Waals surface area (Å²) < 4.78 is 11.8. The Kier molecular flexibility index (Phi) is 3.81. The van der Waals surface area contributed by atoms with Gasteiger partial charge in [0, 0.05) is 12.5 Å². The normalized spacial score (nSPS) is 25.1. The third kappa shape index (κ3) is 3.11. The minimum atomic E-state index is 0.0419. The Bertz CT molecular complexity index is 651. The summed E-state index contributed by atoms with van der Waals surface area (Å²) in [5, 5.41) is 4.21. The molecule has 1 aromatic heterocycles. The van der Waals surface area contributed by atoms with Crippen LogP contribution >= 0.6 is 0 Å². The lowest BCUT2D eigenvalue weighted by Gasteiger charge is -2.39. The van der Waals surface area contributed by atoms with Gasteiger partial charge in [-0.05, 0) is 29.5 Å². The molecule has 0 spiro atoms. The maximum Gasteiger partial charge on any atom is 0.266 e. The van der Waals surface area contributed by atoms with Crippen LogP contribution < -0.4 is 4.90 Å². The Morgan fingerprint density at radius 3 is 2.61 bits per heavy atom. The monoisotopic (exact) mass is 313 g/mol. The van der Waals surface area contributed by atoms with Crippen LogP contribution in [0.4, 0.5) is 5.95 Å². The molecular formula is C18H23N3O2. The number of benzene rings is 1. The molecule has 1 aromatic carbocycles. The van der Waals surface area contributed by atoms with Crippen molar-refractivity contribution >= 4 is 5.95 Å². The molecule has 23 heavy (non-hydrogen) atoms. The van der Waals surface area contributed by atoms with Crippen LogP contribution in [0.2, 0.25) is 0 Å². The van der Waals surface area contributed by atoms with Crippen molar-refractivity contribution < 1.29 is 9.26 Å². The highest BCUT2D eigenvalue weighted by Crippen LogP contribution is 2.40. The van der Waals surface area contributed by atoms with Crippen molar-refractivity contribution in [3.05, 3.63) is 41.8 Å². The molecule has 1 aliphatic heterocycles. The molecule has 2 heterocycles. The van der Waals surface area contributed by atoms with E-state index in [1.54, 1.807) is 0 Å². The van der Waals surface area contributed by atoms with Crippen LogP contribution in [0.5, 0.6) is 0 Å². The van der Waals surface area contributed by atoms with Crippen LogP contribution in [0, 0.1) is 5.92 Å². The summed E-state index contributed by atoms with van der Waals surface area (Å²) in [6.07, 6.45) is 2.55. The Morgan fingerprint density at radius 1 is 1.13 bits per heavy atom. The summed E-state index contributed by atoms with van der Waals surface area (Å²) in [4.78, 5) is 6.82. The van der Waals surface area contributed by atoms with E-state index >= 15 is 0 Å². The Balaban J connectivity index is 1.57. The lowest BCUT2D eigenvalue weighted by molar-refractivity contribution is -0.0503. The second-order valence-corrected chi connectivity index (χ2v) is 6.93. The molecule has 1 saturated heterocycles. The molecule has 2 aromatic rings. The highest BCUT2D eigenvalue weighted by Gasteiger charge is 2.34. The van der Waals surface area contributed by atoms with Gasteiger partial charge < -0.3 is 14.2 Å². The van der Waals surface area contributed by atoms with Gasteiger partial charge in [-0.3, -0.25) is 0 Å². The van der Waals surface area contributed by atoms with Crippen molar-refractivity contribution in [3.8, 4) is 0 Å². The number of aromatic nitrogens is 2. The van der Waals surface area contributed by atoms with Crippen LogP contribution in [-0.2, 0) is 4.74 Å². The van der Waals surface area contributed by atoms with Gasteiger partial charge in [0.25, 0.3) is 5.95 Å². The van der Waals surface area contributed by atoms with Crippen LogP contribution in [-0.4, -0.2) is 29.3 Å². The molecule has 0 unspecified atom stereocenters. The molecule has 122 valence electrons. The van der Waals surface area contributed by atoms with Gasteiger partial charge in [0.2, 0.25) is 5.89 Å². The summed E-state index contributed by atoms with van der Waals surface area (Å²) in [6, 6.07) is 10.4. The second kappa shape index (κ2) is 5.96. The van der Waals surface area contributed by atoms with Gasteiger partial charge in [-0.25, -0.2) is 0 Å². The molecule has 2 fully saturated rings. The third-order valence-electron chi connectivity index (χ3n) is 4.68. The lowest BCUT2D eigenvalue weighted by Crippen LogP contribution is -2.46. The molecule has 2 aliphatic rings. The van der Waals surface area contributed by atoms with Crippen LogP contribution in [0.3, 0.4) is 0 Å². The van der Waals surface area contributed by atoms with Crippen LogP contribution in [0.1, 0.15) is 50.2 Å². The van der Waals surface area contributed by atoms with Crippen LogP contribution in [0.25, 0.3) is 0 Å². The van der Waals surface area contributed by atoms with E-state index in [1.807, 2.05) is 6.07 Å². The summed E-state index contributed by atoms with van der Waals surface area (Å²) in [5.74, 6) is 2.44. The fourth-order valence-corrected chi connectivity index (χ4v) is 3.02. The first kappa shape index (κ1) is 14.7. The third-order valence-corrected chi connectivity index (χ3v) is 4.68. The summed E-state index contributed by atoms with van der Waals surface area (Å²) >= 11 is 0. The Hall–Kier alpha value is -1.88. The molecular weight excluding hydrogens is 290 g/mol. The van der Waals surface area contributed by atoms with Crippen molar-refractivity contribution in [2.45, 2.75) is 44.8 Å². The molecule has 0 amide bonds. The molecule has 1 saturated carbocycles. The molecule has 0 radical (unpaired) electrons. The number of anilines is 1. The fraction of sp³-hybridized carbons (Fsp3) is 0.556. The highest BCUT2D eigenvalue weighted by molar-refractivity contribution is 5.32.